The van der Waals surface area contributed by atoms with Crippen molar-refractivity contribution in [1.82, 2.24) is 10.6 Å². The first-order chi connectivity index (χ1) is 11.1. The quantitative estimate of drug-likeness (QED) is 0.349. The SMILES string of the molecule is CN=C(NCCCCC(F)(F)F)NCc1ccc(C(F)(F)F)cc1. The van der Waals surface area contributed by atoms with Gasteiger partial charge in [-0.05, 0) is 30.5 Å². The van der Waals surface area contributed by atoms with Crippen molar-refractivity contribution in [3.8, 4) is 0 Å². The molecule has 0 bridgehead atoms. The van der Waals surface area contributed by atoms with Crippen LogP contribution in [0, 0.1) is 0 Å². The minimum Gasteiger partial charge on any atom is -0.356 e. The van der Waals surface area contributed by atoms with Crippen molar-refractivity contribution < 1.29 is 26.3 Å². The number of aliphatic imine (C=N–C) groups is 1. The molecule has 0 unspecified atom stereocenters. The van der Waals surface area contributed by atoms with E-state index in [1.54, 1.807) is 0 Å². The zero-order valence-electron chi connectivity index (χ0n) is 13.1. The van der Waals surface area contributed by atoms with Gasteiger partial charge in [-0.15, -0.1) is 0 Å². The smallest absolute Gasteiger partial charge is 0.356 e. The number of alkyl halides is 6. The molecule has 9 heteroatoms. The van der Waals surface area contributed by atoms with Gasteiger partial charge in [0, 0.05) is 26.6 Å². The summed E-state index contributed by atoms with van der Waals surface area (Å²) in [6.07, 6.45) is -9.00. The summed E-state index contributed by atoms with van der Waals surface area (Å²) in [5.74, 6) is 0.377. The number of guanidine groups is 1. The molecule has 3 nitrogen and oxygen atoms in total. The second-order valence-corrected chi connectivity index (χ2v) is 5.12. The molecule has 1 aromatic carbocycles. The van der Waals surface area contributed by atoms with Crippen molar-refractivity contribution >= 4 is 5.96 Å². The third-order valence-electron chi connectivity index (χ3n) is 3.14. The van der Waals surface area contributed by atoms with Crippen LogP contribution in [0.3, 0.4) is 0 Å². The first-order valence-corrected chi connectivity index (χ1v) is 7.29. The van der Waals surface area contributed by atoms with Gasteiger partial charge in [-0.2, -0.15) is 26.3 Å². The van der Waals surface area contributed by atoms with E-state index in [2.05, 4.69) is 15.6 Å². The van der Waals surface area contributed by atoms with Crippen molar-refractivity contribution in [2.75, 3.05) is 13.6 Å². The number of hydrogen-bond acceptors (Lipinski definition) is 1. The first kappa shape index (κ1) is 20.1. The highest BCUT2D eigenvalue weighted by Gasteiger charge is 2.29. The molecule has 0 saturated carbocycles. The number of nitrogens with zero attached hydrogens (tertiary/aromatic N) is 1. The molecule has 0 aliphatic carbocycles. The van der Waals surface area contributed by atoms with Gasteiger partial charge in [0.15, 0.2) is 5.96 Å². The van der Waals surface area contributed by atoms with Gasteiger partial charge in [0.05, 0.1) is 5.56 Å². The molecule has 0 heterocycles. The summed E-state index contributed by atoms with van der Waals surface area (Å²) in [5, 5.41) is 5.74. The molecule has 0 saturated heterocycles. The standard InChI is InChI=1S/C15H19F6N3/c1-22-13(23-9-3-2-8-14(16,17)18)24-10-11-4-6-12(7-5-11)15(19,20)21/h4-7H,2-3,8-10H2,1H3,(H2,22,23,24). The van der Waals surface area contributed by atoms with E-state index in [0.717, 1.165) is 12.1 Å². The Labute approximate surface area is 136 Å². The molecule has 0 atom stereocenters. The summed E-state index contributed by atoms with van der Waals surface area (Å²) in [7, 11) is 1.50. The summed E-state index contributed by atoms with van der Waals surface area (Å²) in [6.45, 7) is 0.573. The van der Waals surface area contributed by atoms with Crippen LogP contribution >= 0.6 is 0 Å². The Hall–Kier alpha value is -1.93. The fourth-order valence-electron chi connectivity index (χ4n) is 1.88. The van der Waals surface area contributed by atoms with Crippen molar-refractivity contribution in [2.45, 2.75) is 38.2 Å². The van der Waals surface area contributed by atoms with Crippen molar-refractivity contribution in [1.29, 1.82) is 0 Å². The average Bonchev–Trinajstić information content (AvgIpc) is 2.48. The van der Waals surface area contributed by atoms with E-state index in [9.17, 15) is 26.3 Å². The average molecular weight is 355 g/mol. The van der Waals surface area contributed by atoms with Crippen LogP contribution < -0.4 is 10.6 Å². The summed E-state index contributed by atoms with van der Waals surface area (Å²) >= 11 is 0. The normalized spacial score (nSPS) is 13.0. The molecule has 1 rings (SSSR count). The second-order valence-electron chi connectivity index (χ2n) is 5.12. The molecular weight excluding hydrogens is 336 g/mol. The maximum Gasteiger partial charge on any atom is 0.416 e. The number of benzene rings is 1. The van der Waals surface area contributed by atoms with Crippen LogP contribution in [-0.2, 0) is 12.7 Å². The molecule has 0 amide bonds. The van der Waals surface area contributed by atoms with Gasteiger partial charge in [-0.25, -0.2) is 0 Å². The third kappa shape index (κ3) is 8.07. The van der Waals surface area contributed by atoms with E-state index in [0.29, 0.717) is 24.5 Å². The molecule has 0 spiro atoms. The Morgan fingerprint density at radius 3 is 2.08 bits per heavy atom. The Kier molecular flexibility index (Phi) is 7.37. The fourth-order valence-corrected chi connectivity index (χ4v) is 1.88. The second kappa shape index (κ2) is 8.79. The molecule has 24 heavy (non-hydrogen) atoms. The summed E-state index contributed by atoms with van der Waals surface area (Å²) in [4.78, 5) is 3.90. The van der Waals surface area contributed by atoms with Gasteiger partial charge in [0.2, 0.25) is 0 Å². The summed E-state index contributed by atoms with van der Waals surface area (Å²) in [6, 6.07) is 4.69. The Balaban J connectivity index is 2.34. The van der Waals surface area contributed by atoms with Crippen LogP contribution in [0.25, 0.3) is 0 Å². The summed E-state index contributed by atoms with van der Waals surface area (Å²) in [5.41, 5.74) is -0.0959. The van der Waals surface area contributed by atoms with E-state index in [4.69, 9.17) is 0 Å². The number of halogens is 6. The third-order valence-corrected chi connectivity index (χ3v) is 3.14. The van der Waals surface area contributed by atoms with Crippen molar-refractivity contribution in [3.05, 3.63) is 35.4 Å². The zero-order chi connectivity index (χ0) is 18.2. The van der Waals surface area contributed by atoms with Crippen molar-refractivity contribution in [2.24, 2.45) is 4.99 Å². The predicted octanol–water partition coefficient (Wildman–Crippen LogP) is 4.10. The van der Waals surface area contributed by atoms with Gasteiger partial charge in [0.1, 0.15) is 0 Å². The van der Waals surface area contributed by atoms with Crippen LogP contribution in [0.1, 0.15) is 30.4 Å². The highest BCUT2D eigenvalue weighted by molar-refractivity contribution is 5.79. The Morgan fingerprint density at radius 1 is 0.958 bits per heavy atom. The lowest BCUT2D eigenvalue weighted by Crippen LogP contribution is -2.37. The topological polar surface area (TPSA) is 36.4 Å². The van der Waals surface area contributed by atoms with Gasteiger partial charge in [-0.1, -0.05) is 12.1 Å². The molecular formula is C15H19F6N3. The van der Waals surface area contributed by atoms with Gasteiger partial charge in [0.25, 0.3) is 0 Å². The van der Waals surface area contributed by atoms with Crippen LogP contribution in [0.15, 0.2) is 29.3 Å². The number of rotatable bonds is 6. The molecule has 136 valence electrons. The monoisotopic (exact) mass is 355 g/mol. The Bertz CT molecular complexity index is 519. The molecule has 0 aliphatic heterocycles. The van der Waals surface area contributed by atoms with Crippen LogP contribution in [0.5, 0.6) is 0 Å². The number of unbranched alkanes of at least 4 members (excludes halogenated alkanes) is 1. The lowest BCUT2D eigenvalue weighted by molar-refractivity contribution is -0.137. The van der Waals surface area contributed by atoms with E-state index in [-0.39, 0.29) is 13.0 Å². The lowest BCUT2D eigenvalue weighted by Gasteiger charge is -2.13. The largest absolute Gasteiger partial charge is 0.416 e. The van der Waals surface area contributed by atoms with Gasteiger partial charge >= 0.3 is 12.4 Å². The first-order valence-electron chi connectivity index (χ1n) is 7.29. The predicted molar refractivity (Wildman–Crippen MR) is 79.6 cm³/mol. The van der Waals surface area contributed by atoms with Crippen molar-refractivity contribution in [3.63, 3.8) is 0 Å². The van der Waals surface area contributed by atoms with E-state index in [1.165, 1.54) is 19.2 Å². The number of nitrogens with one attached hydrogen (secondary N) is 2. The highest BCUT2D eigenvalue weighted by atomic mass is 19.4. The van der Waals surface area contributed by atoms with Gasteiger partial charge in [-0.3, -0.25) is 4.99 Å². The molecule has 2 N–H and O–H groups in total. The minimum atomic E-state index is -4.38. The van der Waals surface area contributed by atoms with Gasteiger partial charge < -0.3 is 10.6 Å². The maximum absolute atomic E-state index is 12.4. The highest BCUT2D eigenvalue weighted by Crippen LogP contribution is 2.29. The van der Waals surface area contributed by atoms with Crippen LogP contribution in [0.4, 0.5) is 26.3 Å². The Morgan fingerprint density at radius 2 is 1.58 bits per heavy atom. The van der Waals surface area contributed by atoms with Crippen LogP contribution in [-0.4, -0.2) is 25.7 Å². The summed E-state index contributed by atoms with van der Waals surface area (Å²) < 4.78 is 73.3. The van der Waals surface area contributed by atoms with Crippen LogP contribution in [0.2, 0.25) is 0 Å². The van der Waals surface area contributed by atoms with E-state index < -0.39 is 24.3 Å². The molecule has 0 aromatic heterocycles. The van der Waals surface area contributed by atoms with E-state index in [1.807, 2.05) is 0 Å². The maximum atomic E-state index is 12.4. The zero-order valence-corrected chi connectivity index (χ0v) is 13.1. The van der Waals surface area contributed by atoms with E-state index >= 15 is 0 Å². The molecule has 1 aromatic rings. The fraction of sp³-hybridized carbons (Fsp3) is 0.533. The number of hydrogen-bond donors (Lipinski definition) is 2. The molecule has 0 aliphatic rings. The molecule has 0 radical (unpaired) electrons. The minimum absolute atomic E-state index is 0.0202. The lowest BCUT2D eigenvalue weighted by atomic mass is 10.1. The molecule has 0 fully saturated rings.